The van der Waals surface area contributed by atoms with Crippen LogP contribution in [-0.2, 0) is 7.05 Å². The second-order valence-electron chi connectivity index (χ2n) is 4.77. The second-order valence-corrected chi connectivity index (χ2v) is 4.77. The number of hydrogen-bond acceptors (Lipinski definition) is 3. The molecule has 1 aromatic heterocycles. The van der Waals surface area contributed by atoms with E-state index in [4.69, 9.17) is 0 Å². The van der Waals surface area contributed by atoms with Gasteiger partial charge in [-0.2, -0.15) is 5.10 Å². The topological polar surface area (TPSA) is 52.0 Å². The lowest BCUT2D eigenvalue weighted by Crippen LogP contribution is -2.10. The highest BCUT2D eigenvalue weighted by molar-refractivity contribution is 6.12. The van der Waals surface area contributed by atoms with Crippen molar-refractivity contribution in [2.24, 2.45) is 7.05 Å². The fourth-order valence-electron chi connectivity index (χ4n) is 2.04. The minimum Gasteiger partial charge on any atom is -0.294 e. The lowest BCUT2D eigenvalue weighted by Gasteiger charge is -2.03. The van der Waals surface area contributed by atoms with Crippen molar-refractivity contribution in [2.45, 2.75) is 20.3 Å². The van der Waals surface area contributed by atoms with Crippen LogP contribution in [0.15, 0.2) is 30.5 Å². The molecule has 0 aliphatic rings. The van der Waals surface area contributed by atoms with Crippen LogP contribution in [0.5, 0.6) is 0 Å². The molecule has 2 aromatic rings. The summed E-state index contributed by atoms with van der Waals surface area (Å²) in [6.07, 6.45) is 1.55. The third-order valence-electron chi connectivity index (χ3n) is 2.86. The van der Waals surface area contributed by atoms with Gasteiger partial charge in [0.25, 0.3) is 0 Å². The van der Waals surface area contributed by atoms with Crippen LogP contribution in [0.25, 0.3) is 0 Å². The van der Waals surface area contributed by atoms with Gasteiger partial charge in [-0.3, -0.25) is 14.3 Å². The lowest BCUT2D eigenvalue weighted by molar-refractivity contribution is 0.0891. The van der Waals surface area contributed by atoms with E-state index in [2.05, 4.69) is 5.10 Å². The Balaban J connectivity index is 2.15. The van der Waals surface area contributed by atoms with Gasteiger partial charge in [-0.1, -0.05) is 17.2 Å². The number of hydrogen-bond donors (Lipinski definition) is 0. The minimum atomic E-state index is -0.246. The molecule has 2 rings (SSSR count). The molecule has 1 aromatic carbocycles. The average molecular weight is 256 g/mol. The fraction of sp³-hybridized carbons (Fsp3) is 0.267. The average Bonchev–Trinajstić information content (AvgIpc) is 2.74. The van der Waals surface area contributed by atoms with Crippen molar-refractivity contribution < 1.29 is 9.59 Å². The summed E-state index contributed by atoms with van der Waals surface area (Å²) in [5.74, 6) is -0.410. The van der Waals surface area contributed by atoms with E-state index < -0.39 is 0 Å². The number of rotatable bonds is 4. The third-order valence-corrected chi connectivity index (χ3v) is 2.86. The predicted octanol–water partition coefficient (Wildman–Crippen LogP) is 2.49. The van der Waals surface area contributed by atoms with Crippen molar-refractivity contribution in [1.82, 2.24) is 9.78 Å². The number of aromatic nitrogens is 2. The van der Waals surface area contributed by atoms with Gasteiger partial charge < -0.3 is 0 Å². The fourth-order valence-corrected chi connectivity index (χ4v) is 2.04. The van der Waals surface area contributed by atoms with Crippen molar-refractivity contribution in [3.8, 4) is 0 Å². The van der Waals surface area contributed by atoms with Crippen LogP contribution in [0.1, 0.15) is 38.4 Å². The zero-order valence-electron chi connectivity index (χ0n) is 11.3. The summed E-state index contributed by atoms with van der Waals surface area (Å²) in [5.41, 5.74) is 2.96. The molecule has 0 saturated carbocycles. The molecular weight excluding hydrogens is 240 g/mol. The first-order valence-electron chi connectivity index (χ1n) is 6.10. The number of carbonyl (C=O) groups is 2. The van der Waals surface area contributed by atoms with Crippen molar-refractivity contribution in [3.05, 3.63) is 52.8 Å². The van der Waals surface area contributed by atoms with E-state index in [0.29, 0.717) is 11.3 Å². The molecule has 0 N–H and O–H groups in total. The van der Waals surface area contributed by atoms with E-state index in [9.17, 15) is 9.59 Å². The summed E-state index contributed by atoms with van der Waals surface area (Å²) in [6.45, 7) is 3.87. The van der Waals surface area contributed by atoms with Gasteiger partial charge >= 0.3 is 0 Å². The second kappa shape index (κ2) is 5.18. The Morgan fingerprint density at radius 3 is 2.26 bits per heavy atom. The first-order chi connectivity index (χ1) is 8.95. The van der Waals surface area contributed by atoms with E-state index in [1.54, 1.807) is 36.1 Å². The van der Waals surface area contributed by atoms with Crippen LogP contribution < -0.4 is 0 Å². The smallest absolute Gasteiger partial charge is 0.190 e. The number of nitrogens with zero attached hydrogens (tertiary/aromatic N) is 2. The summed E-state index contributed by atoms with van der Waals surface area (Å²) in [7, 11) is 1.74. The minimum absolute atomic E-state index is 0.139. The zero-order chi connectivity index (χ0) is 14.0. The maximum absolute atomic E-state index is 12.1. The van der Waals surface area contributed by atoms with Gasteiger partial charge in [-0.05, 0) is 32.0 Å². The van der Waals surface area contributed by atoms with E-state index in [0.717, 1.165) is 11.1 Å². The molecule has 4 nitrogen and oxygen atoms in total. The van der Waals surface area contributed by atoms with Crippen LogP contribution in [0.2, 0.25) is 0 Å². The number of ketones is 2. The molecule has 0 fully saturated rings. The van der Waals surface area contributed by atoms with E-state index in [1.165, 1.54) is 0 Å². The lowest BCUT2D eigenvalue weighted by atomic mass is 10.0. The van der Waals surface area contributed by atoms with Gasteiger partial charge in [0.2, 0.25) is 0 Å². The first-order valence-corrected chi connectivity index (χ1v) is 6.10. The van der Waals surface area contributed by atoms with Crippen LogP contribution in [0, 0.1) is 13.8 Å². The number of aryl methyl sites for hydroxylation is 3. The van der Waals surface area contributed by atoms with Gasteiger partial charge in [-0.15, -0.1) is 0 Å². The normalized spacial score (nSPS) is 10.5. The Hall–Kier alpha value is -2.23. The van der Waals surface area contributed by atoms with Gasteiger partial charge in [0.15, 0.2) is 11.6 Å². The summed E-state index contributed by atoms with van der Waals surface area (Å²) in [4.78, 5) is 24.0. The Morgan fingerprint density at radius 1 is 1.11 bits per heavy atom. The molecule has 0 saturated heterocycles. The van der Waals surface area contributed by atoms with Crippen molar-refractivity contribution in [1.29, 1.82) is 0 Å². The van der Waals surface area contributed by atoms with Crippen LogP contribution in [0.3, 0.4) is 0 Å². The summed E-state index contributed by atoms with van der Waals surface area (Å²) in [5, 5.41) is 4.01. The molecule has 19 heavy (non-hydrogen) atoms. The molecule has 0 bridgehead atoms. The molecule has 0 amide bonds. The summed E-state index contributed by atoms with van der Waals surface area (Å²) >= 11 is 0. The predicted molar refractivity (Wildman–Crippen MR) is 72.4 cm³/mol. The molecule has 0 atom stereocenters. The molecule has 0 unspecified atom stereocenters. The monoisotopic (exact) mass is 256 g/mol. The van der Waals surface area contributed by atoms with E-state index in [-0.39, 0.29) is 18.0 Å². The molecule has 0 aliphatic carbocycles. The number of benzene rings is 1. The highest BCUT2D eigenvalue weighted by atomic mass is 16.1. The maximum Gasteiger partial charge on any atom is 0.190 e. The molecule has 98 valence electrons. The Kier molecular flexibility index (Phi) is 3.60. The molecule has 1 heterocycles. The van der Waals surface area contributed by atoms with E-state index >= 15 is 0 Å². The van der Waals surface area contributed by atoms with Gasteiger partial charge in [0.1, 0.15) is 5.69 Å². The Labute approximate surface area is 112 Å². The largest absolute Gasteiger partial charge is 0.294 e. The summed E-state index contributed by atoms with van der Waals surface area (Å²) in [6, 6.07) is 7.23. The van der Waals surface area contributed by atoms with Crippen LogP contribution in [-0.4, -0.2) is 21.3 Å². The first kappa shape index (κ1) is 13.2. The van der Waals surface area contributed by atoms with Crippen LogP contribution in [0.4, 0.5) is 0 Å². The van der Waals surface area contributed by atoms with Crippen molar-refractivity contribution in [3.63, 3.8) is 0 Å². The number of Topliss-reactive ketones (excluding diaryl/α,β-unsaturated/α-hetero) is 2. The molecule has 0 radical (unpaired) electrons. The van der Waals surface area contributed by atoms with Crippen LogP contribution >= 0.6 is 0 Å². The van der Waals surface area contributed by atoms with Gasteiger partial charge in [-0.25, -0.2) is 0 Å². The quantitative estimate of drug-likeness (QED) is 0.624. The van der Waals surface area contributed by atoms with Gasteiger partial charge in [0, 0.05) is 18.8 Å². The molecular formula is C15H16N2O2. The highest BCUT2D eigenvalue weighted by Gasteiger charge is 2.16. The van der Waals surface area contributed by atoms with Crippen molar-refractivity contribution in [2.75, 3.05) is 0 Å². The highest BCUT2D eigenvalue weighted by Crippen LogP contribution is 2.12. The third kappa shape index (κ3) is 3.16. The standard InChI is InChI=1S/C15H16N2O2/c1-10-6-11(2)8-12(7-10)14(18)9-15(19)13-4-5-17(3)16-13/h4-8H,9H2,1-3H3. The maximum atomic E-state index is 12.1. The molecule has 0 spiro atoms. The SMILES string of the molecule is Cc1cc(C)cc(C(=O)CC(=O)c2ccn(C)n2)c1. The van der Waals surface area contributed by atoms with E-state index in [1.807, 2.05) is 19.9 Å². The zero-order valence-corrected chi connectivity index (χ0v) is 11.3. The van der Waals surface area contributed by atoms with Crippen molar-refractivity contribution >= 4 is 11.6 Å². The Bertz CT molecular complexity index is 621. The van der Waals surface area contributed by atoms with Gasteiger partial charge in [0.05, 0.1) is 6.42 Å². The molecule has 4 heteroatoms. The Morgan fingerprint density at radius 2 is 1.74 bits per heavy atom. The number of carbonyl (C=O) groups excluding carboxylic acids is 2. The summed E-state index contributed by atoms with van der Waals surface area (Å²) < 4.78 is 1.55. The molecule has 0 aliphatic heterocycles.